The average molecular weight is 292 g/mol. The standard InChI is InChI=1S/C17H21NO.ClH/c1-4-19-16-7-5-14(6-8-16)15-9-12(2)17(11-18)13(3)10-15;/h5-10H,4,11,18H2,1-3H3;1H. The molecule has 0 fully saturated rings. The molecule has 0 aliphatic carbocycles. The summed E-state index contributed by atoms with van der Waals surface area (Å²) in [5.41, 5.74) is 12.0. The fraction of sp³-hybridized carbons (Fsp3) is 0.294. The Balaban J connectivity index is 0.00000200. The summed E-state index contributed by atoms with van der Waals surface area (Å²) < 4.78 is 5.46. The predicted octanol–water partition coefficient (Wildman–Crippen LogP) is 4.25. The molecule has 0 saturated carbocycles. The van der Waals surface area contributed by atoms with E-state index in [-0.39, 0.29) is 12.4 Å². The number of aryl methyl sites for hydroxylation is 2. The normalized spacial score (nSPS) is 10.0. The minimum Gasteiger partial charge on any atom is -0.494 e. The molecule has 20 heavy (non-hydrogen) atoms. The Labute approximate surface area is 127 Å². The first-order chi connectivity index (χ1) is 9.15. The van der Waals surface area contributed by atoms with E-state index in [1.165, 1.54) is 27.8 Å². The van der Waals surface area contributed by atoms with Crippen LogP contribution in [0.5, 0.6) is 5.75 Å². The second kappa shape index (κ2) is 7.32. The summed E-state index contributed by atoms with van der Waals surface area (Å²) in [7, 11) is 0. The van der Waals surface area contributed by atoms with Gasteiger partial charge in [0.05, 0.1) is 6.61 Å². The molecule has 0 aromatic heterocycles. The molecule has 2 nitrogen and oxygen atoms in total. The van der Waals surface area contributed by atoms with Crippen LogP contribution in [-0.4, -0.2) is 6.61 Å². The van der Waals surface area contributed by atoms with Gasteiger partial charge in [0.2, 0.25) is 0 Å². The van der Waals surface area contributed by atoms with Gasteiger partial charge in [0.1, 0.15) is 5.75 Å². The van der Waals surface area contributed by atoms with Gasteiger partial charge in [0.25, 0.3) is 0 Å². The van der Waals surface area contributed by atoms with E-state index in [4.69, 9.17) is 10.5 Å². The molecule has 3 heteroatoms. The van der Waals surface area contributed by atoms with E-state index in [1.54, 1.807) is 0 Å². The Morgan fingerprint density at radius 2 is 1.50 bits per heavy atom. The maximum atomic E-state index is 5.78. The molecule has 0 bridgehead atoms. The van der Waals surface area contributed by atoms with Crippen molar-refractivity contribution in [2.45, 2.75) is 27.3 Å². The first-order valence-electron chi connectivity index (χ1n) is 6.69. The Kier molecular flexibility index (Phi) is 6.05. The second-order valence-electron chi connectivity index (χ2n) is 4.75. The zero-order valence-corrected chi connectivity index (χ0v) is 13.1. The van der Waals surface area contributed by atoms with Gasteiger partial charge in [0, 0.05) is 6.54 Å². The maximum Gasteiger partial charge on any atom is 0.119 e. The van der Waals surface area contributed by atoms with Crippen molar-refractivity contribution in [3.05, 3.63) is 53.1 Å². The van der Waals surface area contributed by atoms with Gasteiger partial charge in [-0.1, -0.05) is 24.3 Å². The van der Waals surface area contributed by atoms with Gasteiger partial charge in [-0.3, -0.25) is 0 Å². The smallest absolute Gasteiger partial charge is 0.119 e. The number of nitrogens with two attached hydrogens (primary N) is 1. The van der Waals surface area contributed by atoms with E-state index >= 15 is 0 Å². The largest absolute Gasteiger partial charge is 0.494 e. The molecule has 2 aromatic rings. The van der Waals surface area contributed by atoms with Crippen LogP contribution in [0.3, 0.4) is 0 Å². The molecular formula is C17H22ClNO. The molecule has 2 aromatic carbocycles. The first kappa shape index (κ1) is 16.5. The molecule has 0 amide bonds. The second-order valence-corrected chi connectivity index (χ2v) is 4.75. The third-order valence-electron chi connectivity index (χ3n) is 3.40. The molecule has 0 aliphatic heterocycles. The van der Waals surface area contributed by atoms with Crippen LogP contribution in [0.2, 0.25) is 0 Å². The third kappa shape index (κ3) is 3.53. The molecule has 0 saturated heterocycles. The first-order valence-corrected chi connectivity index (χ1v) is 6.69. The fourth-order valence-corrected chi connectivity index (χ4v) is 2.39. The highest BCUT2D eigenvalue weighted by Gasteiger charge is 2.05. The van der Waals surface area contributed by atoms with Crippen molar-refractivity contribution in [2.24, 2.45) is 5.73 Å². The van der Waals surface area contributed by atoms with E-state index in [9.17, 15) is 0 Å². The maximum absolute atomic E-state index is 5.78. The summed E-state index contributed by atoms with van der Waals surface area (Å²) >= 11 is 0. The predicted molar refractivity (Wildman–Crippen MR) is 87.7 cm³/mol. The molecule has 0 unspecified atom stereocenters. The molecule has 2 rings (SSSR count). The lowest BCUT2D eigenvalue weighted by molar-refractivity contribution is 0.340. The van der Waals surface area contributed by atoms with Crippen LogP contribution in [0.1, 0.15) is 23.6 Å². The zero-order valence-electron chi connectivity index (χ0n) is 12.3. The SMILES string of the molecule is CCOc1ccc(-c2cc(C)c(CN)c(C)c2)cc1.Cl. The summed E-state index contributed by atoms with van der Waals surface area (Å²) in [6, 6.07) is 12.6. The van der Waals surface area contributed by atoms with Crippen molar-refractivity contribution in [3.63, 3.8) is 0 Å². The summed E-state index contributed by atoms with van der Waals surface area (Å²) in [6.07, 6.45) is 0. The molecule has 0 spiro atoms. The van der Waals surface area contributed by atoms with Gasteiger partial charge in [-0.25, -0.2) is 0 Å². The van der Waals surface area contributed by atoms with Crippen LogP contribution in [-0.2, 0) is 6.54 Å². The van der Waals surface area contributed by atoms with Gasteiger partial charge < -0.3 is 10.5 Å². The van der Waals surface area contributed by atoms with Crippen molar-refractivity contribution in [3.8, 4) is 16.9 Å². The van der Waals surface area contributed by atoms with Crippen LogP contribution in [0.15, 0.2) is 36.4 Å². The summed E-state index contributed by atoms with van der Waals surface area (Å²) in [5.74, 6) is 0.915. The van der Waals surface area contributed by atoms with Crippen molar-refractivity contribution >= 4 is 12.4 Å². The van der Waals surface area contributed by atoms with Gasteiger partial charge in [-0.2, -0.15) is 0 Å². The van der Waals surface area contributed by atoms with Crippen LogP contribution >= 0.6 is 12.4 Å². The molecule has 0 aliphatic rings. The van der Waals surface area contributed by atoms with E-state index < -0.39 is 0 Å². The van der Waals surface area contributed by atoms with Gasteiger partial charge in [-0.15, -0.1) is 12.4 Å². The molecule has 2 N–H and O–H groups in total. The number of halogens is 1. The minimum absolute atomic E-state index is 0. The number of ether oxygens (including phenoxy) is 1. The summed E-state index contributed by atoms with van der Waals surface area (Å²) in [6.45, 7) is 7.52. The lowest BCUT2D eigenvalue weighted by Crippen LogP contribution is -2.02. The highest BCUT2D eigenvalue weighted by molar-refractivity contribution is 5.85. The highest BCUT2D eigenvalue weighted by Crippen LogP contribution is 2.26. The molecule has 0 atom stereocenters. The Bertz CT molecular complexity index is 541. The van der Waals surface area contributed by atoms with Crippen molar-refractivity contribution < 1.29 is 4.74 Å². The van der Waals surface area contributed by atoms with Crippen molar-refractivity contribution in [1.82, 2.24) is 0 Å². The Morgan fingerprint density at radius 1 is 0.950 bits per heavy atom. The number of benzene rings is 2. The molecular weight excluding hydrogens is 270 g/mol. The number of hydrogen-bond acceptors (Lipinski definition) is 2. The topological polar surface area (TPSA) is 35.2 Å². The summed E-state index contributed by atoms with van der Waals surface area (Å²) in [5, 5.41) is 0. The highest BCUT2D eigenvalue weighted by atomic mass is 35.5. The lowest BCUT2D eigenvalue weighted by atomic mass is 9.95. The Hall–Kier alpha value is -1.51. The van der Waals surface area contributed by atoms with Crippen molar-refractivity contribution in [1.29, 1.82) is 0 Å². The van der Waals surface area contributed by atoms with Crippen LogP contribution < -0.4 is 10.5 Å². The fourth-order valence-electron chi connectivity index (χ4n) is 2.39. The van der Waals surface area contributed by atoms with E-state index in [2.05, 4.69) is 38.1 Å². The average Bonchev–Trinajstić information content (AvgIpc) is 2.39. The lowest BCUT2D eigenvalue weighted by Gasteiger charge is -2.12. The molecule has 108 valence electrons. The third-order valence-corrected chi connectivity index (χ3v) is 3.40. The minimum atomic E-state index is 0. The monoisotopic (exact) mass is 291 g/mol. The van der Waals surface area contributed by atoms with E-state index in [0.29, 0.717) is 13.2 Å². The van der Waals surface area contributed by atoms with Gasteiger partial charge in [-0.05, 0) is 60.7 Å². The van der Waals surface area contributed by atoms with E-state index in [1.807, 2.05) is 19.1 Å². The molecule has 0 radical (unpaired) electrons. The molecule has 0 heterocycles. The number of rotatable bonds is 4. The quantitative estimate of drug-likeness (QED) is 0.914. The van der Waals surface area contributed by atoms with Crippen LogP contribution in [0, 0.1) is 13.8 Å². The van der Waals surface area contributed by atoms with Gasteiger partial charge >= 0.3 is 0 Å². The van der Waals surface area contributed by atoms with E-state index in [0.717, 1.165) is 5.75 Å². The Morgan fingerprint density at radius 3 is 1.95 bits per heavy atom. The van der Waals surface area contributed by atoms with Gasteiger partial charge in [0.15, 0.2) is 0 Å². The van der Waals surface area contributed by atoms with Crippen LogP contribution in [0.25, 0.3) is 11.1 Å². The number of hydrogen-bond donors (Lipinski definition) is 1. The van der Waals surface area contributed by atoms with Crippen molar-refractivity contribution in [2.75, 3.05) is 6.61 Å². The zero-order chi connectivity index (χ0) is 13.8. The van der Waals surface area contributed by atoms with Crippen LogP contribution in [0.4, 0.5) is 0 Å². The summed E-state index contributed by atoms with van der Waals surface area (Å²) in [4.78, 5) is 0.